The number of anilines is 1. The number of benzene rings is 1. The summed E-state index contributed by atoms with van der Waals surface area (Å²) < 4.78 is 7.56. The molecule has 0 unspecified atom stereocenters. The van der Waals surface area contributed by atoms with E-state index in [-0.39, 0.29) is 24.5 Å². The average Bonchev–Trinajstić information content (AvgIpc) is 3.15. The van der Waals surface area contributed by atoms with Gasteiger partial charge in [0.2, 0.25) is 0 Å². The lowest BCUT2D eigenvalue weighted by molar-refractivity contribution is -0.118. The minimum atomic E-state index is -0.203. The van der Waals surface area contributed by atoms with Gasteiger partial charge in [0.1, 0.15) is 0 Å². The molecule has 7 heteroatoms. The zero-order valence-corrected chi connectivity index (χ0v) is 13.1. The third-order valence-corrected chi connectivity index (χ3v) is 4.50. The van der Waals surface area contributed by atoms with Crippen molar-refractivity contribution in [2.45, 2.75) is 18.9 Å². The Hall–Kier alpha value is -2.83. The normalized spacial score (nSPS) is 20.1. The van der Waals surface area contributed by atoms with Crippen LogP contribution in [0.25, 0.3) is 0 Å². The highest BCUT2D eigenvalue weighted by Crippen LogP contribution is 2.33. The van der Waals surface area contributed by atoms with Crippen LogP contribution in [0.2, 0.25) is 0 Å². The molecule has 0 spiro atoms. The van der Waals surface area contributed by atoms with Crippen LogP contribution in [0.1, 0.15) is 29.2 Å². The quantitative estimate of drug-likeness (QED) is 0.911. The van der Waals surface area contributed by atoms with Crippen LogP contribution in [-0.2, 0) is 4.79 Å². The number of aromatic nitrogens is 2. The van der Waals surface area contributed by atoms with Crippen molar-refractivity contribution < 1.29 is 14.3 Å². The Balaban J connectivity index is 1.58. The summed E-state index contributed by atoms with van der Waals surface area (Å²) in [5.74, 6) is 0.199. The van der Waals surface area contributed by atoms with Crippen molar-refractivity contribution >= 4 is 17.5 Å². The van der Waals surface area contributed by atoms with Crippen molar-refractivity contribution in [2.24, 2.45) is 0 Å². The van der Waals surface area contributed by atoms with E-state index in [4.69, 9.17) is 4.74 Å². The predicted octanol–water partition coefficient (Wildman–Crippen LogP) is 1.69. The smallest absolute Gasteiger partial charge is 0.262 e. The number of nitrogens with one attached hydrogen (secondary N) is 1. The van der Waals surface area contributed by atoms with Gasteiger partial charge in [-0.3, -0.25) is 9.59 Å². The van der Waals surface area contributed by atoms with Crippen LogP contribution >= 0.6 is 0 Å². The molecular weight excluding hydrogens is 308 g/mol. The van der Waals surface area contributed by atoms with Gasteiger partial charge in [0.05, 0.1) is 23.6 Å². The molecule has 2 aromatic rings. The summed E-state index contributed by atoms with van der Waals surface area (Å²) in [5.41, 5.74) is 1.05. The number of hydrogen-bond donors (Lipinski definition) is 1. The maximum Gasteiger partial charge on any atom is 0.262 e. The third-order valence-electron chi connectivity index (χ3n) is 4.50. The minimum absolute atomic E-state index is 0.0606. The highest BCUT2D eigenvalue weighted by molar-refractivity contribution is 6.03. The molecule has 4 rings (SSSR count). The van der Waals surface area contributed by atoms with Gasteiger partial charge in [-0.1, -0.05) is 6.07 Å². The van der Waals surface area contributed by atoms with E-state index in [1.165, 1.54) is 0 Å². The molecule has 24 heavy (non-hydrogen) atoms. The van der Waals surface area contributed by atoms with E-state index in [0.29, 0.717) is 23.5 Å². The van der Waals surface area contributed by atoms with Crippen LogP contribution < -0.4 is 10.1 Å². The molecule has 0 bridgehead atoms. The summed E-state index contributed by atoms with van der Waals surface area (Å²) in [6.07, 6.45) is 7.45. The molecule has 1 saturated heterocycles. The topological polar surface area (TPSA) is 76.5 Å². The molecule has 1 aromatic heterocycles. The first-order chi connectivity index (χ1) is 11.7. The van der Waals surface area contributed by atoms with Gasteiger partial charge in [0.25, 0.3) is 11.8 Å². The molecule has 124 valence electrons. The highest BCUT2D eigenvalue weighted by Gasteiger charge is 2.29. The summed E-state index contributed by atoms with van der Waals surface area (Å²) >= 11 is 0. The molecule has 0 radical (unpaired) electrons. The van der Waals surface area contributed by atoms with Gasteiger partial charge in [-0.25, -0.2) is 4.98 Å². The number of rotatable bonds is 2. The first-order valence-corrected chi connectivity index (χ1v) is 8.05. The standard InChI is InChI=1S/C17H18N4O3/c22-15-10-24-16-13(4-1-5-14(16)19-15)17(23)20-7-2-3-12(9-20)21-8-6-18-11-21/h1,4-6,8,11-12H,2-3,7,9-10H2,(H,19,22)/t12-/m0/s1. The summed E-state index contributed by atoms with van der Waals surface area (Å²) in [7, 11) is 0. The number of carbonyl (C=O) groups excluding carboxylic acids is 2. The zero-order chi connectivity index (χ0) is 16.5. The Labute approximate surface area is 139 Å². The van der Waals surface area contributed by atoms with E-state index in [0.717, 1.165) is 19.4 Å². The molecule has 7 nitrogen and oxygen atoms in total. The number of fused-ring (bicyclic) bond motifs is 1. The number of imidazole rings is 1. The lowest BCUT2D eigenvalue weighted by Crippen LogP contribution is -2.41. The van der Waals surface area contributed by atoms with Crippen molar-refractivity contribution in [2.75, 3.05) is 25.0 Å². The zero-order valence-electron chi connectivity index (χ0n) is 13.1. The van der Waals surface area contributed by atoms with Gasteiger partial charge in [0, 0.05) is 25.5 Å². The molecule has 1 fully saturated rings. The maximum absolute atomic E-state index is 13.0. The number of likely N-dealkylation sites (tertiary alicyclic amines) is 1. The van der Waals surface area contributed by atoms with E-state index >= 15 is 0 Å². The lowest BCUT2D eigenvalue weighted by Gasteiger charge is -2.34. The first kappa shape index (κ1) is 14.7. The van der Waals surface area contributed by atoms with Crippen LogP contribution in [-0.4, -0.2) is 46.0 Å². The number of hydrogen-bond acceptors (Lipinski definition) is 4. The van der Waals surface area contributed by atoms with Gasteiger partial charge >= 0.3 is 0 Å². The fourth-order valence-electron chi connectivity index (χ4n) is 3.32. The molecule has 2 aliphatic heterocycles. The predicted molar refractivity (Wildman–Crippen MR) is 87.0 cm³/mol. The lowest BCUT2D eigenvalue weighted by atomic mass is 10.0. The van der Waals surface area contributed by atoms with Crippen molar-refractivity contribution in [3.63, 3.8) is 0 Å². The van der Waals surface area contributed by atoms with Gasteiger partial charge in [-0.05, 0) is 25.0 Å². The van der Waals surface area contributed by atoms with E-state index in [2.05, 4.69) is 14.9 Å². The summed E-state index contributed by atoms with van der Waals surface area (Å²) in [4.78, 5) is 30.4. The van der Waals surface area contributed by atoms with E-state index in [1.807, 2.05) is 11.1 Å². The fraction of sp³-hybridized carbons (Fsp3) is 0.353. The van der Waals surface area contributed by atoms with Crippen molar-refractivity contribution in [3.8, 4) is 5.75 Å². The van der Waals surface area contributed by atoms with E-state index < -0.39 is 0 Å². The second-order valence-electron chi connectivity index (χ2n) is 6.08. The summed E-state index contributed by atoms with van der Waals surface area (Å²) in [5, 5.41) is 2.74. The van der Waals surface area contributed by atoms with E-state index in [9.17, 15) is 9.59 Å². The Morgan fingerprint density at radius 3 is 3.12 bits per heavy atom. The number of nitrogens with zero attached hydrogens (tertiary/aromatic N) is 3. The number of carbonyl (C=O) groups is 2. The molecule has 0 aliphatic carbocycles. The van der Waals surface area contributed by atoms with Gasteiger partial charge in [-0.2, -0.15) is 0 Å². The SMILES string of the molecule is O=C1COc2c(cccc2C(=O)N2CCC[C@H](n3ccnc3)C2)N1. The van der Waals surface area contributed by atoms with Crippen LogP contribution in [0, 0.1) is 0 Å². The van der Waals surface area contributed by atoms with Gasteiger partial charge < -0.3 is 19.5 Å². The molecular formula is C17H18N4O3. The fourth-order valence-corrected chi connectivity index (χ4v) is 3.32. The van der Waals surface area contributed by atoms with Crippen LogP contribution in [0.5, 0.6) is 5.75 Å². The van der Waals surface area contributed by atoms with Crippen LogP contribution in [0.4, 0.5) is 5.69 Å². The molecule has 1 atom stereocenters. The molecule has 2 aliphatic rings. The Morgan fingerprint density at radius 1 is 1.38 bits per heavy atom. The van der Waals surface area contributed by atoms with Crippen molar-refractivity contribution in [3.05, 3.63) is 42.5 Å². The highest BCUT2D eigenvalue weighted by atomic mass is 16.5. The average molecular weight is 326 g/mol. The van der Waals surface area contributed by atoms with Crippen molar-refractivity contribution in [1.29, 1.82) is 0 Å². The Morgan fingerprint density at radius 2 is 2.29 bits per heavy atom. The Kier molecular flexibility index (Phi) is 3.68. The second-order valence-corrected chi connectivity index (χ2v) is 6.08. The monoisotopic (exact) mass is 326 g/mol. The molecule has 1 N–H and O–H groups in total. The second kappa shape index (κ2) is 5.99. The number of piperidine rings is 1. The first-order valence-electron chi connectivity index (χ1n) is 8.05. The largest absolute Gasteiger partial charge is 0.481 e. The van der Waals surface area contributed by atoms with Crippen LogP contribution in [0.3, 0.4) is 0 Å². The molecule has 1 aromatic carbocycles. The van der Waals surface area contributed by atoms with Gasteiger partial charge in [-0.15, -0.1) is 0 Å². The summed E-state index contributed by atoms with van der Waals surface area (Å²) in [6.45, 7) is 1.31. The van der Waals surface area contributed by atoms with Gasteiger partial charge in [0.15, 0.2) is 12.4 Å². The summed E-state index contributed by atoms with van der Waals surface area (Å²) in [6, 6.07) is 5.50. The number of amides is 2. The maximum atomic E-state index is 13.0. The minimum Gasteiger partial charge on any atom is -0.481 e. The Bertz CT molecular complexity index is 772. The molecule has 2 amide bonds. The number of ether oxygens (including phenoxy) is 1. The van der Waals surface area contributed by atoms with E-state index in [1.54, 1.807) is 30.7 Å². The van der Waals surface area contributed by atoms with Crippen LogP contribution in [0.15, 0.2) is 36.9 Å². The third kappa shape index (κ3) is 2.62. The number of para-hydroxylation sites is 1. The molecule has 0 saturated carbocycles. The van der Waals surface area contributed by atoms with Crippen molar-refractivity contribution in [1.82, 2.24) is 14.5 Å². The molecule has 3 heterocycles.